The SMILES string of the molecule is CC(C)c1nc2ccc(Cl)cn2c1N=Nc1ccccc1C(=O)O. The van der Waals surface area contributed by atoms with E-state index in [2.05, 4.69) is 15.2 Å². The van der Waals surface area contributed by atoms with Gasteiger partial charge < -0.3 is 5.11 Å². The molecular formula is C17H15ClN4O2. The Hall–Kier alpha value is -2.73. The molecule has 0 saturated carbocycles. The van der Waals surface area contributed by atoms with E-state index in [0.717, 1.165) is 5.69 Å². The zero-order valence-electron chi connectivity index (χ0n) is 13.1. The van der Waals surface area contributed by atoms with Crippen molar-refractivity contribution in [1.29, 1.82) is 0 Å². The molecule has 0 unspecified atom stereocenters. The van der Waals surface area contributed by atoms with Crippen molar-refractivity contribution in [2.24, 2.45) is 10.2 Å². The van der Waals surface area contributed by atoms with Crippen LogP contribution in [0.25, 0.3) is 5.65 Å². The third-order valence-electron chi connectivity index (χ3n) is 3.52. The summed E-state index contributed by atoms with van der Waals surface area (Å²) in [6, 6.07) is 10.0. The molecule has 0 aliphatic rings. The van der Waals surface area contributed by atoms with Crippen LogP contribution in [0.4, 0.5) is 11.5 Å². The maximum absolute atomic E-state index is 11.3. The summed E-state index contributed by atoms with van der Waals surface area (Å²) in [6.45, 7) is 4.02. The first-order chi connectivity index (χ1) is 11.5. The molecule has 24 heavy (non-hydrogen) atoms. The molecule has 0 spiro atoms. The number of imidazole rings is 1. The van der Waals surface area contributed by atoms with Gasteiger partial charge in [-0.3, -0.25) is 4.40 Å². The molecule has 1 N–H and O–H groups in total. The summed E-state index contributed by atoms with van der Waals surface area (Å²) in [5.41, 5.74) is 1.87. The van der Waals surface area contributed by atoms with Gasteiger partial charge in [0, 0.05) is 6.20 Å². The minimum absolute atomic E-state index is 0.0965. The van der Waals surface area contributed by atoms with E-state index in [9.17, 15) is 9.90 Å². The number of benzene rings is 1. The van der Waals surface area contributed by atoms with Gasteiger partial charge in [-0.1, -0.05) is 37.6 Å². The highest BCUT2D eigenvalue weighted by molar-refractivity contribution is 6.30. The number of carboxylic acid groups (broad SMARTS) is 1. The highest BCUT2D eigenvalue weighted by Gasteiger charge is 2.16. The molecule has 2 heterocycles. The van der Waals surface area contributed by atoms with Crippen LogP contribution in [0.3, 0.4) is 0 Å². The molecular weight excluding hydrogens is 328 g/mol. The molecule has 2 aromatic heterocycles. The highest BCUT2D eigenvalue weighted by atomic mass is 35.5. The summed E-state index contributed by atoms with van der Waals surface area (Å²) in [5.74, 6) is -0.371. The van der Waals surface area contributed by atoms with E-state index in [1.807, 2.05) is 13.8 Å². The van der Waals surface area contributed by atoms with Crippen molar-refractivity contribution < 1.29 is 9.90 Å². The number of fused-ring (bicyclic) bond motifs is 1. The number of hydrogen-bond acceptors (Lipinski definition) is 4. The standard InChI is InChI=1S/C17H15ClN4O2/c1-10(2)15-16(22-9-11(18)7-8-14(22)19-15)21-20-13-6-4-3-5-12(13)17(23)24/h3-10H,1-2H3,(H,23,24). The van der Waals surface area contributed by atoms with E-state index in [4.69, 9.17) is 11.6 Å². The Labute approximate surface area is 143 Å². The van der Waals surface area contributed by atoms with Gasteiger partial charge in [0.15, 0.2) is 5.82 Å². The zero-order valence-corrected chi connectivity index (χ0v) is 13.9. The second-order valence-corrected chi connectivity index (χ2v) is 6.01. The highest BCUT2D eigenvalue weighted by Crippen LogP contribution is 2.31. The molecule has 0 radical (unpaired) electrons. The van der Waals surface area contributed by atoms with Crippen molar-refractivity contribution in [3.05, 3.63) is 58.9 Å². The number of azo groups is 1. The van der Waals surface area contributed by atoms with Gasteiger partial charge in [0.05, 0.1) is 16.3 Å². The number of nitrogens with zero attached hydrogens (tertiary/aromatic N) is 4. The number of halogens is 1. The first-order valence-corrected chi connectivity index (χ1v) is 7.76. The van der Waals surface area contributed by atoms with Crippen molar-refractivity contribution in [3.8, 4) is 0 Å². The van der Waals surface area contributed by atoms with E-state index in [1.165, 1.54) is 6.07 Å². The average molecular weight is 343 g/mol. The molecule has 3 aromatic rings. The van der Waals surface area contributed by atoms with Gasteiger partial charge >= 0.3 is 5.97 Å². The maximum atomic E-state index is 11.3. The molecule has 0 fully saturated rings. The quantitative estimate of drug-likeness (QED) is 0.659. The fourth-order valence-corrected chi connectivity index (χ4v) is 2.51. The lowest BCUT2D eigenvalue weighted by Crippen LogP contribution is -1.95. The van der Waals surface area contributed by atoms with Gasteiger partial charge in [-0.05, 0) is 30.2 Å². The number of aromatic nitrogens is 2. The molecule has 0 aliphatic heterocycles. The van der Waals surface area contributed by atoms with Crippen molar-refractivity contribution in [2.45, 2.75) is 19.8 Å². The number of carbonyl (C=O) groups is 1. The summed E-state index contributed by atoms with van der Waals surface area (Å²) in [6.07, 6.45) is 1.72. The lowest BCUT2D eigenvalue weighted by molar-refractivity contribution is 0.0697. The molecule has 0 atom stereocenters. The molecule has 6 nitrogen and oxygen atoms in total. The molecule has 0 amide bonds. The van der Waals surface area contributed by atoms with Gasteiger partial charge in [0.1, 0.15) is 11.3 Å². The van der Waals surface area contributed by atoms with Crippen LogP contribution in [-0.2, 0) is 0 Å². The molecule has 0 aliphatic carbocycles. The minimum atomic E-state index is -1.05. The van der Waals surface area contributed by atoms with E-state index in [1.54, 1.807) is 40.9 Å². The lowest BCUT2D eigenvalue weighted by Gasteiger charge is -2.03. The third kappa shape index (κ3) is 3.00. The molecule has 3 rings (SSSR count). The second-order valence-electron chi connectivity index (χ2n) is 5.57. The van der Waals surface area contributed by atoms with Crippen LogP contribution in [-0.4, -0.2) is 20.5 Å². The average Bonchev–Trinajstić information content (AvgIpc) is 2.91. The van der Waals surface area contributed by atoms with E-state index < -0.39 is 5.97 Å². The number of hydrogen-bond donors (Lipinski definition) is 1. The summed E-state index contributed by atoms with van der Waals surface area (Å²) in [4.78, 5) is 15.8. The zero-order chi connectivity index (χ0) is 17.3. The Kier molecular flexibility index (Phi) is 4.31. The number of carboxylic acids is 1. The smallest absolute Gasteiger partial charge is 0.337 e. The second kappa shape index (κ2) is 6.41. The summed E-state index contributed by atoms with van der Waals surface area (Å²) in [7, 11) is 0. The van der Waals surface area contributed by atoms with Gasteiger partial charge in [0.2, 0.25) is 0 Å². The predicted octanol–water partition coefficient (Wildman–Crippen LogP) is 5.22. The molecule has 0 bridgehead atoms. The van der Waals surface area contributed by atoms with Crippen LogP contribution >= 0.6 is 11.6 Å². The minimum Gasteiger partial charge on any atom is -0.478 e. The van der Waals surface area contributed by atoms with Gasteiger partial charge in [-0.25, -0.2) is 9.78 Å². The van der Waals surface area contributed by atoms with Gasteiger partial charge in [0.25, 0.3) is 0 Å². The Bertz CT molecular complexity index is 947. The van der Waals surface area contributed by atoms with E-state index >= 15 is 0 Å². The fourth-order valence-electron chi connectivity index (χ4n) is 2.35. The maximum Gasteiger partial charge on any atom is 0.337 e. The van der Waals surface area contributed by atoms with Crippen LogP contribution in [0.5, 0.6) is 0 Å². The van der Waals surface area contributed by atoms with Crippen LogP contribution < -0.4 is 0 Å². The lowest BCUT2D eigenvalue weighted by atomic mass is 10.1. The van der Waals surface area contributed by atoms with Crippen LogP contribution in [0.15, 0.2) is 52.8 Å². The molecule has 7 heteroatoms. The number of aromatic carboxylic acids is 1. The Morgan fingerprint density at radius 3 is 2.67 bits per heavy atom. The van der Waals surface area contributed by atoms with E-state index in [-0.39, 0.29) is 17.2 Å². The summed E-state index contributed by atoms with van der Waals surface area (Å²) < 4.78 is 1.75. The number of rotatable bonds is 4. The predicted molar refractivity (Wildman–Crippen MR) is 91.9 cm³/mol. The van der Waals surface area contributed by atoms with Gasteiger partial charge in [-0.2, -0.15) is 0 Å². The summed E-state index contributed by atoms with van der Waals surface area (Å²) in [5, 5.41) is 18.2. The third-order valence-corrected chi connectivity index (χ3v) is 3.74. The van der Waals surface area contributed by atoms with Gasteiger partial charge in [-0.15, -0.1) is 10.2 Å². The van der Waals surface area contributed by atoms with Crippen molar-refractivity contribution in [2.75, 3.05) is 0 Å². The molecule has 122 valence electrons. The van der Waals surface area contributed by atoms with E-state index in [0.29, 0.717) is 16.5 Å². The van der Waals surface area contributed by atoms with Crippen molar-refractivity contribution in [1.82, 2.24) is 9.38 Å². The summed E-state index contributed by atoms with van der Waals surface area (Å²) >= 11 is 6.06. The van der Waals surface area contributed by atoms with Crippen LogP contribution in [0.2, 0.25) is 5.02 Å². The van der Waals surface area contributed by atoms with Crippen LogP contribution in [0, 0.1) is 0 Å². The first-order valence-electron chi connectivity index (χ1n) is 7.39. The fraction of sp³-hybridized carbons (Fsp3) is 0.176. The Morgan fingerprint density at radius 2 is 1.96 bits per heavy atom. The largest absolute Gasteiger partial charge is 0.478 e. The topological polar surface area (TPSA) is 79.3 Å². The molecule has 1 aromatic carbocycles. The normalized spacial score (nSPS) is 11.7. The monoisotopic (exact) mass is 342 g/mol. The van der Waals surface area contributed by atoms with Crippen molar-refractivity contribution >= 4 is 34.7 Å². The Balaban J connectivity index is 2.14. The molecule has 0 saturated heterocycles. The Morgan fingerprint density at radius 1 is 1.21 bits per heavy atom. The number of pyridine rings is 1. The van der Waals surface area contributed by atoms with Crippen LogP contribution in [0.1, 0.15) is 35.8 Å². The van der Waals surface area contributed by atoms with Crippen molar-refractivity contribution in [3.63, 3.8) is 0 Å². The first kappa shape index (κ1) is 16.1.